The van der Waals surface area contributed by atoms with Gasteiger partial charge in [-0.2, -0.15) is 0 Å². The number of Topliss-reactive ketones (excluding diaryl/α,β-unsaturated/α-hetero) is 1. The summed E-state index contributed by atoms with van der Waals surface area (Å²) in [5.41, 5.74) is 5.48. The number of nitrogen functional groups attached to an aromatic ring is 1. The van der Waals surface area contributed by atoms with Crippen LogP contribution >= 0.6 is 11.3 Å². The van der Waals surface area contributed by atoms with Crippen molar-refractivity contribution < 1.29 is 38.5 Å². The van der Waals surface area contributed by atoms with Gasteiger partial charge in [-0.15, -0.1) is 11.3 Å². The van der Waals surface area contributed by atoms with Crippen LogP contribution in [0.2, 0.25) is 0 Å². The Bertz CT molecular complexity index is 1180. The first-order valence-electron chi connectivity index (χ1n) is 11.4. The number of thiophene rings is 1. The average molecular weight is 536 g/mol. The molecule has 2 atom stereocenters. The highest BCUT2D eigenvalue weighted by Crippen LogP contribution is 2.25. The zero-order valence-electron chi connectivity index (χ0n) is 20.7. The number of likely N-dealkylation sites (N-methyl/N-ethyl adjacent to an activating group) is 1. The van der Waals surface area contributed by atoms with Gasteiger partial charge in [-0.1, -0.05) is 13.8 Å². The molecule has 0 aliphatic carbocycles. The Balaban J connectivity index is 2.11. The zero-order valence-corrected chi connectivity index (χ0v) is 21.5. The van der Waals surface area contributed by atoms with E-state index in [-0.39, 0.29) is 40.3 Å². The lowest BCUT2D eigenvalue weighted by atomic mass is 9.91. The number of esters is 1. The maximum atomic E-state index is 14.2. The van der Waals surface area contributed by atoms with Crippen LogP contribution in [0.4, 0.5) is 4.39 Å². The molecule has 0 spiro atoms. The summed E-state index contributed by atoms with van der Waals surface area (Å²) >= 11 is 1.10. The number of carboxylic acid groups (broad SMARTS) is 2. The summed E-state index contributed by atoms with van der Waals surface area (Å²) in [5, 5.41) is 25.6. The Morgan fingerprint density at radius 1 is 1.14 bits per heavy atom. The number of ketones is 1. The van der Waals surface area contributed by atoms with E-state index in [2.05, 4.69) is 0 Å². The third-order valence-electron chi connectivity index (χ3n) is 5.53. The van der Waals surface area contributed by atoms with Crippen LogP contribution in [0, 0.1) is 23.1 Å². The summed E-state index contributed by atoms with van der Waals surface area (Å²) < 4.78 is 19.3. The molecule has 1 aromatic heterocycles. The highest BCUT2D eigenvalue weighted by molar-refractivity contribution is 7.13. The predicted molar refractivity (Wildman–Crippen MR) is 134 cm³/mol. The molecule has 12 heteroatoms. The zero-order chi connectivity index (χ0) is 27.9. The molecule has 2 aromatic rings. The third-order valence-corrected chi connectivity index (χ3v) is 6.58. The van der Waals surface area contributed by atoms with Crippen LogP contribution in [0.1, 0.15) is 53.2 Å². The Labute approximate surface area is 217 Å². The molecule has 37 heavy (non-hydrogen) atoms. The highest BCUT2D eigenvalue weighted by atomic mass is 32.1. The molecule has 10 nitrogen and oxygen atoms in total. The number of halogens is 1. The molecule has 1 aromatic carbocycles. The molecular formula is C25H30FN3O7S. The van der Waals surface area contributed by atoms with E-state index in [9.17, 15) is 28.7 Å². The Morgan fingerprint density at radius 2 is 1.81 bits per heavy atom. The quantitative estimate of drug-likeness (QED) is 0.122. The molecule has 0 saturated carbocycles. The van der Waals surface area contributed by atoms with Gasteiger partial charge in [-0.05, 0) is 49.7 Å². The molecule has 1 heterocycles. The second kappa shape index (κ2) is 13.1. The van der Waals surface area contributed by atoms with E-state index in [1.807, 2.05) is 13.8 Å². The number of nitrogens with two attached hydrogens (primary N) is 1. The van der Waals surface area contributed by atoms with Crippen molar-refractivity contribution in [2.75, 3.05) is 7.05 Å². The minimum Gasteiger partial charge on any atom is -0.481 e. The van der Waals surface area contributed by atoms with E-state index >= 15 is 0 Å². The molecule has 0 unspecified atom stereocenters. The summed E-state index contributed by atoms with van der Waals surface area (Å²) in [5.74, 6) is -6.45. The lowest BCUT2D eigenvalue weighted by molar-refractivity contribution is -0.150. The van der Waals surface area contributed by atoms with E-state index in [1.54, 1.807) is 18.0 Å². The molecule has 0 fully saturated rings. The second-order valence-corrected chi connectivity index (χ2v) is 10.2. The number of ether oxygens (including phenoxy) is 1. The van der Waals surface area contributed by atoms with Crippen LogP contribution in [-0.4, -0.2) is 57.7 Å². The van der Waals surface area contributed by atoms with E-state index in [0.29, 0.717) is 11.3 Å². The van der Waals surface area contributed by atoms with E-state index in [4.69, 9.17) is 21.0 Å². The first-order chi connectivity index (χ1) is 17.3. The van der Waals surface area contributed by atoms with Gasteiger partial charge in [0.25, 0.3) is 0 Å². The Morgan fingerprint density at radius 3 is 2.35 bits per heavy atom. The number of carboxylic acids is 2. The van der Waals surface area contributed by atoms with Crippen molar-refractivity contribution in [3.63, 3.8) is 0 Å². The summed E-state index contributed by atoms with van der Waals surface area (Å²) in [6, 6.07) is 6.11. The van der Waals surface area contributed by atoms with Gasteiger partial charge < -0.3 is 20.7 Å². The number of hydrogen-bond acceptors (Lipinski definition) is 8. The van der Waals surface area contributed by atoms with Gasteiger partial charge in [-0.25, -0.2) is 9.18 Å². The molecule has 0 aliphatic heterocycles. The molecule has 0 aliphatic rings. The number of carbonyl (C=O) groups is 4. The van der Waals surface area contributed by atoms with Crippen LogP contribution in [-0.2, 0) is 20.9 Å². The van der Waals surface area contributed by atoms with Crippen LogP contribution in [0.3, 0.4) is 0 Å². The number of rotatable bonds is 14. The molecule has 200 valence electrons. The molecule has 0 amide bonds. The van der Waals surface area contributed by atoms with Crippen molar-refractivity contribution in [3.8, 4) is 5.75 Å². The molecule has 5 N–H and O–H groups in total. The van der Waals surface area contributed by atoms with Gasteiger partial charge in [0.1, 0.15) is 10.7 Å². The largest absolute Gasteiger partial charge is 0.481 e. The van der Waals surface area contributed by atoms with E-state index < -0.39 is 48.5 Å². The molecule has 0 saturated heterocycles. The smallest absolute Gasteiger partial charge is 0.353 e. The number of nitrogens with one attached hydrogen (secondary N) is 1. The minimum absolute atomic E-state index is 0.109. The van der Waals surface area contributed by atoms with Gasteiger partial charge in [0.2, 0.25) is 0 Å². The Kier molecular flexibility index (Phi) is 10.4. The van der Waals surface area contributed by atoms with E-state index in [0.717, 1.165) is 17.4 Å². The van der Waals surface area contributed by atoms with Crippen molar-refractivity contribution in [1.82, 2.24) is 4.90 Å². The fourth-order valence-corrected chi connectivity index (χ4v) is 4.62. The van der Waals surface area contributed by atoms with Gasteiger partial charge in [-0.3, -0.25) is 24.7 Å². The number of amidine groups is 1. The third kappa shape index (κ3) is 8.76. The standard InChI is InChI=1S/C25H30FN3O7S/c1-13(2)8-18(19(30)10-15(24(33)34)11-22(31)32)29(3)12-16-5-7-21(37-16)25(35)36-20-6-4-14(23(27)28)9-17(20)26/h4-7,9,13,15,18H,8,10-12H2,1-3H3,(H3,27,28)(H,31,32)(H,33,34)/t15-,18-/m0/s1. The molecule has 0 radical (unpaired) electrons. The van der Waals surface area contributed by atoms with Crippen molar-refractivity contribution in [1.29, 1.82) is 5.41 Å². The highest BCUT2D eigenvalue weighted by Gasteiger charge is 2.31. The normalized spacial score (nSPS) is 12.8. The van der Waals surface area contributed by atoms with Crippen LogP contribution in [0.15, 0.2) is 30.3 Å². The molecule has 2 rings (SSSR count). The van der Waals surface area contributed by atoms with Crippen LogP contribution in [0.5, 0.6) is 5.75 Å². The van der Waals surface area contributed by atoms with Crippen LogP contribution < -0.4 is 10.5 Å². The first kappa shape index (κ1) is 29.6. The van der Waals surface area contributed by atoms with Gasteiger partial charge >= 0.3 is 17.9 Å². The number of nitrogens with zero attached hydrogens (tertiary/aromatic N) is 1. The Hall–Kier alpha value is -3.64. The average Bonchev–Trinajstić information content (AvgIpc) is 3.26. The molecule has 0 bridgehead atoms. The summed E-state index contributed by atoms with van der Waals surface area (Å²) in [6.07, 6.45) is -0.614. The number of hydrogen-bond donors (Lipinski definition) is 4. The maximum absolute atomic E-state index is 14.2. The first-order valence-corrected chi connectivity index (χ1v) is 12.2. The van der Waals surface area contributed by atoms with Crippen LogP contribution in [0.25, 0.3) is 0 Å². The molecular weight excluding hydrogens is 505 g/mol. The fraction of sp³-hybridized carbons (Fsp3) is 0.400. The maximum Gasteiger partial charge on any atom is 0.353 e. The number of benzene rings is 1. The number of carbonyl (C=O) groups excluding carboxylic acids is 2. The summed E-state index contributed by atoms with van der Waals surface area (Å²) in [4.78, 5) is 50.6. The topological polar surface area (TPSA) is 171 Å². The van der Waals surface area contributed by atoms with Gasteiger partial charge in [0, 0.05) is 23.4 Å². The fourth-order valence-electron chi connectivity index (χ4n) is 3.67. The van der Waals surface area contributed by atoms with Crippen molar-refractivity contribution >= 4 is 40.9 Å². The second-order valence-electron chi connectivity index (χ2n) is 9.08. The summed E-state index contributed by atoms with van der Waals surface area (Å²) in [7, 11) is 1.70. The van der Waals surface area contributed by atoms with Crippen molar-refractivity contribution in [2.24, 2.45) is 17.6 Å². The lowest BCUT2D eigenvalue weighted by Crippen LogP contribution is -2.40. The van der Waals surface area contributed by atoms with Crippen molar-refractivity contribution in [2.45, 2.75) is 45.7 Å². The predicted octanol–water partition coefficient (Wildman–Crippen LogP) is 3.37. The lowest BCUT2D eigenvalue weighted by Gasteiger charge is -2.28. The van der Waals surface area contributed by atoms with E-state index in [1.165, 1.54) is 18.2 Å². The van der Waals surface area contributed by atoms with Crippen molar-refractivity contribution in [3.05, 3.63) is 51.5 Å². The summed E-state index contributed by atoms with van der Waals surface area (Å²) in [6.45, 7) is 4.10. The minimum atomic E-state index is -1.34. The SMILES string of the molecule is CC(C)C[C@@H](C(=O)C[C@@H](CC(=O)O)C(=O)O)N(C)Cc1ccc(C(=O)Oc2ccc(C(=N)N)cc2F)s1. The van der Waals surface area contributed by atoms with Gasteiger partial charge in [0.05, 0.1) is 18.4 Å². The van der Waals surface area contributed by atoms with Gasteiger partial charge in [0.15, 0.2) is 17.3 Å². The number of aliphatic carboxylic acids is 2. The monoisotopic (exact) mass is 535 g/mol.